The minimum Gasteiger partial charge on any atom is -0.490 e. The van der Waals surface area contributed by atoms with Crippen molar-refractivity contribution in [2.45, 2.75) is 20.3 Å². The Bertz CT molecular complexity index is 822. The Balaban J connectivity index is 2.07. The van der Waals surface area contributed by atoms with Crippen LogP contribution in [-0.4, -0.2) is 19.1 Å². The number of nitrogens with zero attached hydrogens (tertiary/aromatic N) is 1. The highest BCUT2D eigenvalue weighted by atomic mass is 16.5. The second-order valence-corrected chi connectivity index (χ2v) is 5.50. The number of hydrogen-bond donors (Lipinski definition) is 1. The van der Waals surface area contributed by atoms with Crippen molar-refractivity contribution < 1.29 is 14.3 Å². The third-order valence-electron chi connectivity index (χ3n) is 3.42. The lowest BCUT2D eigenvalue weighted by molar-refractivity contribution is -0.111. The van der Waals surface area contributed by atoms with Crippen LogP contribution in [0, 0.1) is 11.3 Å². The molecule has 0 saturated heterocycles. The molecular formula is C21H22N2O3. The quantitative estimate of drug-likeness (QED) is 0.716. The maximum Gasteiger partial charge on any atom is 0.248 e. The van der Waals surface area contributed by atoms with Crippen LogP contribution in [0.4, 0.5) is 5.69 Å². The summed E-state index contributed by atoms with van der Waals surface area (Å²) in [5.41, 5.74) is 1.91. The molecule has 0 aliphatic heterocycles. The molecule has 0 saturated carbocycles. The van der Waals surface area contributed by atoms with Gasteiger partial charge in [-0.05, 0) is 55.3 Å². The Labute approximate surface area is 153 Å². The summed E-state index contributed by atoms with van der Waals surface area (Å²) < 4.78 is 11.3. The van der Waals surface area contributed by atoms with E-state index < -0.39 is 0 Å². The summed E-state index contributed by atoms with van der Waals surface area (Å²) in [6, 6.07) is 14.4. The number of ether oxygens (including phenoxy) is 2. The lowest BCUT2D eigenvalue weighted by Crippen LogP contribution is -2.07. The van der Waals surface area contributed by atoms with E-state index in [1.165, 1.54) is 6.08 Å². The minimum absolute atomic E-state index is 0.274. The van der Waals surface area contributed by atoms with Gasteiger partial charge in [0, 0.05) is 11.8 Å². The van der Waals surface area contributed by atoms with Gasteiger partial charge in [0.1, 0.15) is 0 Å². The number of benzene rings is 2. The molecule has 1 N–H and O–H groups in total. The van der Waals surface area contributed by atoms with Crippen LogP contribution in [-0.2, 0) is 4.79 Å². The summed E-state index contributed by atoms with van der Waals surface area (Å²) in [6.07, 6.45) is 4.06. The fourth-order valence-electron chi connectivity index (χ4n) is 2.25. The van der Waals surface area contributed by atoms with Crippen LogP contribution in [0.15, 0.2) is 48.5 Å². The van der Waals surface area contributed by atoms with E-state index in [9.17, 15) is 4.79 Å². The van der Waals surface area contributed by atoms with Gasteiger partial charge in [-0.3, -0.25) is 4.79 Å². The summed E-state index contributed by atoms with van der Waals surface area (Å²) in [5.74, 6) is 1.08. The summed E-state index contributed by atoms with van der Waals surface area (Å²) in [4.78, 5) is 12.1. The molecule has 0 atom stereocenters. The Morgan fingerprint density at radius 3 is 2.73 bits per heavy atom. The molecule has 0 aliphatic rings. The van der Waals surface area contributed by atoms with Crippen molar-refractivity contribution in [3.63, 3.8) is 0 Å². The topological polar surface area (TPSA) is 71.3 Å². The smallest absolute Gasteiger partial charge is 0.248 e. The number of carbonyl (C=O) groups is 1. The molecule has 0 heterocycles. The van der Waals surface area contributed by atoms with E-state index in [1.54, 1.807) is 30.3 Å². The first kappa shape index (κ1) is 19.1. The van der Waals surface area contributed by atoms with Gasteiger partial charge in [-0.15, -0.1) is 0 Å². The first-order chi connectivity index (χ1) is 12.7. The summed E-state index contributed by atoms with van der Waals surface area (Å²) in [7, 11) is 0. The molecule has 1 amide bonds. The number of amides is 1. The zero-order valence-corrected chi connectivity index (χ0v) is 15.0. The normalized spacial score (nSPS) is 10.3. The zero-order valence-electron chi connectivity index (χ0n) is 15.0. The molecule has 134 valence electrons. The van der Waals surface area contributed by atoms with Crippen LogP contribution in [0.1, 0.15) is 31.4 Å². The Morgan fingerprint density at radius 2 is 2.00 bits per heavy atom. The summed E-state index contributed by atoms with van der Waals surface area (Å²) in [6.45, 7) is 5.11. The molecule has 0 unspecified atom stereocenters. The standard InChI is InChI=1S/C21H22N2O3/c1-3-12-26-19-10-8-16(14-20(19)25-4-2)9-11-21(24)23-18-7-5-6-17(13-18)15-22/h5-11,13-14H,3-4,12H2,1-2H3,(H,23,24)/b11-9+. The Morgan fingerprint density at radius 1 is 1.15 bits per heavy atom. The fourth-order valence-corrected chi connectivity index (χ4v) is 2.25. The third-order valence-corrected chi connectivity index (χ3v) is 3.42. The molecule has 0 aliphatic carbocycles. The van der Waals surface area contributed by atoms with Crippen molar-refractivity contribution in [2.75, 3.05) is 18.5 Å². The van der Waals surface area contributed by atoms with Gasteiger partial charge in [0.05, 0.1) is 24.8 Å². The average Bonchev–Trinajstić information content (AvgIpc) is 2.66. The van der Waals surface area contributed by atoms with Gasteiger partial charge in [0.25, 0.3) is 0 Å². The number of hydrogen-bond acceptors (Lipinski definition) is 4. The molecule has 0 bridgehead atoms. The SMILES string of the molecule is CCCOc1ccc(/C=C/C(=O)Nc2cccc(C#N)c2)cc1OCC. The van der Waals surface area contributed by atoms with Gasteiger partial charge in [0.2, 0.25) is 5.91 Å². The van der Waals surface area contributed by atoms with Gasteiger partial charge >= 0.3 is 0 Å². The van der Waals surface area contributed by atoms with Crippen LogP contribution in [0.3, 0.4) is 0 Å². The van der Waals surface area contributed by atoms with Crippen LogP contribution < -0.4 is 14.8 Å². The maximum atomic E-state index is 12.1. The van der Waals surface area contributed by atoms with Crippen LogP contribution >= 0.6 is 0 Å². The minimum atomic E-state index is -0.274. The van der Waals surface area contributed by atoms with E-state index >= 15 is 0 Å². The van der Waals surface area contributed by atoms with E-state index in [-0.39, 0.29) is 5.91 Å². The number of nitriles is 1. The van der Waals surface area contributed by atoms with Gasteiger partial charge < -0.3 is 14.8 Å². The van der Waals surface area contributed by atoms with Crippen LogP contribution in [0.2, 0.25) is 0 Å². The number of carbonyl (C=O) groups excluding carboxylic acids is 1. The summed E-state index contributed by atoms with van der Waals surface area (Å²) >= 11 is 0. The Kier molecular flexibility index (Phi) is 7.26. The van der Waals surface area contributed by atoms with Gasteiger partial charge in [-0.25, -0.2) is 0 Å². The molecular weight excluding hydrogens is 328 g/mol. The molecule has 0 fully saturated rings. The average molecular weight is 350 g/mol. The fraction of sp³-hybridized carbons (Fsp3) is 0.238. The molecule has 2 aromatic carbocycles. The van der Waals surface area contributed by atoms with Crippen molar-refractivity contribution in [3.05, 3.63) is 59.7 Å². The Hall–Kier alpha value is -3.26. The summed E-state index contributed by atoms with van der Waals surface area (Å²) in [5, 5.41) is 11.6. The van der Waals surface area contributed by atoms with Crippen LogP contribution in [0.5, 0.6) is 11.5 Å². The molecule has 5 heteroatoms. The first-order valence-electron chi connectivity index (χ1n) is 8.55. The third kappa shape index (κ3) is 5.67. The molecule has 26 heavy (non-hydrogen) atoms. The van der Waals surface area contributed by atoms with Crippen molar-refractivity contribution in [1.82, 2.24) is 0 Å². The lowest BCUT2D eigenvalue weighted by atomic mass is 10.2. The van der Waals surface area contributed by atoms with Gasteiger partial charge in [-0.1, -0.05) is 19.1 Å². The second-order valence-electron chi connectivity index (χ2n) is 5.50. The predicted molar refractivity (Wildman–Crippen MR) is 102 cm³/mol. The molecule has 5 nitrogen and oxygen atoms in total. The molecule has 2 rings (SSSR count). The number of nitrogens with one attached hydrogen (secondary N) is 1. The molecule has 0 aromatic heterocycles. The van der Waals surface area contributed by atoms with Crippen molar-refractivity contribution in [2.24, 2.45) is 0 Å². The van der Waals surface area contributed by atoms with E-state index in [4.69, 9.17) is 14.7 Å². The highest BCUT2D eigenvalue weighted by Crippen LogP contribution is 2.29. The highest BCUT2D eigenvalue weighted by Gasteiger charge is 2.06. The van der Waals surface area contributed by atoms with E-state index in [1.807, 2.05) is 38.1 Å². The number of rotatable bonds is 8. The van der Waals surface area contributed by atoms with Crippen LogP contribution in [0.25, 0.3) is 6.08 Å². The zero-order chi connectivity index (χ0) is 18.8. The van der Waals surface area contributed by atoms with E-state index in [0.29, 0.717) is 36.0 Å². The maximum absolute atomic E-state index is 12.1. The lowest BCUT2D eigenvalue weighted by Gasteiger charge is -2.12. The van der Waals surface area contributed by atoms with Gasteiger partial charge in [-0.2, -0.15) is 5.26 Å². The van der Waals surface area contributed by atoms with Gasteiger partial charge in [0.15, 0.2) is 11.5 Å². The van der Waals surface area contributed by atoms with Crippen molar-refractivity contribution in [3.8, 4) is 17.6 Å². The molecule has 0 spiro atoms. The highest BCUT2D eigenvalue weighted by molar-refractivity contribution is 6.02. The first-order valence-corrected chi connectivity index (χ1v) is 8.55. The molecule has 0 radical (unpaired) electrons. The van der Waals surface area contributed by atoms with Crippen molar-refractivity contribution in [1.29, 1.82) is 5.26 Å². The second kappa shape index (κ2) is 9.90. The van der Waals surface area contributed by atoms with E-state index in [2.05, 4.69) is 5.32 Å². The number of anilines is 1. The molecule has 2 aromatic rings. The largest absolute Gasteiger partial charge is 0.490 e. The monoisotopic (exact) mass is 350 g/mol. The van der Waals surface area contributed by atoms with E-state index in [0.717, 1.165) is 12.0 Å². The predicted octanol–water partition coefficient (Wildman–Crippen LogP) is 4.40. The van der Waals surface area contributed by atoms with Crippen molar-refractivity contribution >= 4 is 17.7 Å².